The summed E-state index contributed by atoms with van der Waals surface area (Å²) in [4.78, 5) is 11.5. The first-order chi connectivity index (χ1) is 9.45. The molecule has 0 aromatic heterocycles. The quantitative estimate of drug-likeness (QED) is 0.257. The highest BCUT2D eigenvalue weighted by Crippen LogP contribution is 2.19. The van der Waals surface area contributed by atoms with Crippen LogP contribution in [0.15, 0.2) is 35.5 Å². The molecule has 2 unspecified atom stereocenters. The van der Waals surface area contributed by atoms with Crippen molar-refractivity contribution in [2.45, 2.75) is 32.4 Å². The fourth-order valence-corrected chi connectivity index (χ4v) is 2.03. The van der Waals surface area contributed by atoms with E-state index in [0.717, 1.165) is 5.56 Å². The van der Waals surface area contributed by atoms with Crippen LogP contribution in [0.5, 0.6) is 0 Å². The van der Waals surface area contributed by atoms with Crippen molar-refractivity contribution in [1.29, 1.82) is 0 Å². The van der Waals surface area contributed by atoms with Gasteiger partial charge in [0.1, 0.15) is 5.84 Å². The molecule has 0 heterocycles. The normalized spacial score (nSPS) is 15.1. The first-order valence-electron chi connectivity index (χ1n) is 6.52. The van der Waals surface area contributed by atoms with Crippen LogP contribution in [0.25, 0.3) is 0 Å². The Labute approximate surface area is 118 Å². The Morgan fingerprint density at radius 3 is 2.35 bits per heavy atom. The van der Waals surface area contributed by atoms with Crippen LogP contribution in [0.1, 0.15) is 31.9 Å². The zero-order valence-corrected chi connectivity index (χ0v) is 11.8. The molecular weight excluding hydrogens is 256 g/mol. The SMILES string of the molecule is CC(C)C(NC(C/C(N)=N/O)c1ccccc1)C(N)=O. The zero-order chi connectivity index (χ0) is 15.1. The number of primary amides is 1. The van der Waals surface area contributed by atoms with Crippen molar-refractivity contribution in [1.82, 2.24) is 5.32 Å². The average molecular weight is 278 g/mol. The predicted molar refractivity (Wildman–Crippen MR) is 78.2 cm³/mol. The second-order valence-electron chi connectivity index (χ2n) is 5.05. The summed E-state index contributed by atoms with van der Waals surface area (Å²) in [6.45, 7) is 3.82. The molecule has 6 N–H and O–H groups in total. The standard InChI is InChI=1S/C14H22N4O2/c1-9(2)13(14(16)19)17-11(8-12(15)18-20)10-6-4-3-5-7-10/h3-7,9,11,13,17,20H,8H2,1-2H3,(H2,15,18)(H2,16,19). The lowest BCUT2D eigenvalue weighted by molar-refractivity contribution is -0.121. The second kappa shape index (κ2) is 7.49. The number of nitrogens with zero attached hydrogens (tertiary/aromatic N) is 1. The highest BCUT2D eigenvalue weighted by atomic mass is 16.4. The minimum absolute atomic E-state index is 0.0472. The summed E-state index contributed by atoms with van der Waals surface area (Å²) in [7, 11) is 0. The van der Waals surface area contributed by atoms with E-state index in [4.69, 9.17) is 16.7 Å². The Morgan fingerprint density at radius 2 is 1.90 bits per heavy atom. The molecule has 0 aliphatic rings. The highest BCUT2D eigenvalue weighted by Gasteiger charge is 2.24. The number of carbonyl (C=O) groups is 1. The highest BCUT2D eigenvalue weighted by molar-refractivity contribution is 5.81. The van der Waals surface area contributed by atoms with Crippen LogP contribution >= 0.6 is 0 Å². The van der Waals surface area contributed by atoms with E-state index >= 15 is 0 Å². The number of carbonyl (C=O) groups excluding carboxylic acids is 1. The van der Waals surface area contributed by atoms with Gasteiger partial charge in [-0.15, -0.1) is 0 Å². The number of benzene rings is 1. The Morgan fingerprint density at radius 1 is 1.30 bits per heavy atom. The van der Waals surface area contributed by atoms with Gasteiger partial charge in [0, 0.05) is 12.5 Å². The largest absolute Gasteiger partial charge is 0.409 e. The van der Waals surface area contributed by atoms with Gasteiger partial charge in [0.2, 0.25) is 5.91 Å². The first kappa shape index (κ1) is 16.0. The molecule has 0 aliphatic heterocycles. The van der Waals surface area contributed by atoms with Crippen molar-refractivity contribution in [2.24, 2.45) is 22.5 Å². The molecular formula is C14H22N4O2. The number of amides is 1. The van der Waals surface area contributed by atoms with Crippen molar-refractivity contribution in [3.8, 4) is 0 Å². The average Bonchev–Trinajstić information content (AvgIpc) is 2.43. The molecule has 1 aromatic carbocycles. The number of amidine groups is 1. The van der Waals surface area contributed by atoms with Gasteiger partial charge in [0.25, 0.3) is 0 Å². The molecule has 6 heteroatoms. The van der Waals surface area contributed by atoms with Crippen molar-refractivity contribution < 1.29 is 10.0 Å². The molecule has 0 aliphatic carbocycles. The van der Waals surface area contributed by atoms with E-state index in [-0.39, 0.29) is 24.2 Å². The molecule has 0 spiro atoms. The maximum Gasteiger partial charge on any atom is 0.234 e. The van der Waals surface area contributed by atoms with E-state index in [1.54, 1.807) is 0 Å². The minimum atomic E-state index is -0.480. The van der Waals surface area contributed by atoms with Crippen LogP contribution in [-0.2, 0) is 4.79 Å². The number of hydrogen-bond donors (Lipinski definition) is 4. The van der Waals surface area contributed by atoms with Crippen LogP contribution in [0.2, 0.25) is 0 Å². The lowest BCUT2D eigenvalue weighted by Gasteiger charge is -2.26. The fourth-order valence-electron chi connectivity index (χ4n) is 2.03. The summed E-state index contributed by atoms with van der Waals surface area (Å²) in [6.07, 6.45) is 0.289. The van der Waals surface area contributed by atoms with Crippen LogP contribution in [0.3, 0.4) is 0 Å². The second-order valence-corrected chi connectivity index (χ2v) is 5.05. The minimum Gasteiger partial charge on any atom is -0.409 e. The van der Waals surface area contributed by atoms with E-state index in [2.05, 4.69) is 10.5 Å². The van der Waals surface area contributed by atoms with Crippen LogP contribution in [0.4, 0.5) is 0 Å². The molecule has 1 amide bonds. The van der Waals surface area contributed by atoms with E-state index in [0.29, 0.717) is 0 Å². The van der Waals surface area contributed by atoms with Crippen LogP contribution in [-0.4, -0.2) is 23.0 Å². The molecule has 20 heavy (non-hydrogen) atoms. The molecule has 1 aromatic rings. The molecule has 0 radical (unpaired) electrons. The number of nitrogens with one attached hydrogen (secondary N) is 1. The zero-order valence-electron chi connectivity index (χ0n) is 11.8. The van der Waals surface area contributed by atoms with Gasteiger partial charge >= 0.3 is 0 Å². The van der Waals surface area contributed by atoms with Gasteiger partial charge < -0.3 is 16.7 Å². The van der Waals surface area contributed by atoms with Crippen molar-refractivity contribution in [3.63, 3.8) is 0 Å². The van der Waals surface area contributed by atoms with Gasteiger partial charge in [-0.2, -0.15) is 0 Å². The topological polar surface area (TPSA) is 114 Å². The van der Waals surface area contributed by atoms with E-state index < -0.39 is 11.9 Å². The summed E-state index contributed by atoms with van der Waals surface area (Å²) in [5.41, 5.74) is 11.9. The monoisotopic (exact) mass is 278 g/mol. The lowest BCUT2D eigenvalue weighted by atomic mass is 9.98. The number of hydrogen-bond acceptors (Lipinski definition) is 4. The summed E-state index contributed by atoms with van der Waals surface area (Å²) in [5, 5.41) is 14.9. The fraction of sp³-hybridized carbons (Fsp3) is 0.429. The predicted octanol–water partition coefficient (Wildman–Crippen LogP) is 0.964. The molecule has 110 valence electrons. The van der Waals surface area contributed by atoms with Gasteiger partial charge in [-0.25, -0.2) is 0 Å². The third kappa shape index (κ3) is 4.55. The van der Waals surface area contributed by atoms with Crippen molar-refractivity contribution in [3.05, 3.63) is 35.9 Å². The van der Waals surface area contributed by atoms with Gasteiger partial charge in [-0.05, 0) is 11.5 Å². The summed E-state index contributed by atoms with van der Waals surface area (Å²) >= 11 is 0. The van der Waals surface area contributed by atoms with Gasteiger partial charge in [0.15, 0.2) is 0 Å². The Kier molecular flexibility index (Phi) is 5.99. The smallest absolute Gasteiger partial charge is 0.234 e. The van der Waals surface area contributed by atoms with E-state index in [1.165, 1.54) is 0 Å². The first-order valence-corrected chi connectivity index (χ1v) is 6.52. The third-order valence-corrected chi connectivity index (χ3v) is 3.10. The molecule has 2 atom stereocenters. The van der Waals surface area contributed by atoms with Gasteiger partial charge in [0.05, 0.1) is 6.04 Å². The van der Waals surface area contributed by atoms with Crippen molar-refractivity contribution in [2.75, 3.05) is 0 Å². The third-order valence-electron chi connectivity index (χ3n) is 3.10. The Hall–Kier alpha value is -2.08. The molecule has 0 fully saturated rings. The summed E-state index contributed by atoms with van der Waals surface area (Å²) in [6, 6.07) is 8.80. The maximum atomic E-state index is 11.5. The summed E-state index contributed by atoms with van der Waals surface area (Å²) in [5.74, 6) is -0.273. The number of rotatable bonds is 7. The van der Waals surface area contributed by atoms with Crippen LogP contribution < -0.4 is 16.8 Å². The Balaban J connectivity index is 2.96. The van der Waals surface area contributed by atoms with E-state index in [9.17, 15) is 4.79 Å². The van der Waals surface area contributed by atoms with Gasteiger partial charge in [-0.1, -0.05) is 49.3 Å². The lowest BCUT2D eigenvalue weighted by Crippen LogP contribution is -2.47. The summed E-state index contributed by atoms with van der Waals surface area (Å²) < 4.78 is 0. The van der Waals surface area contributed by atoms with E-state index in [1.807, 2.05) is 44.2 Å². The molecule has 6 nitrogen and oxygen atoms in total. The van der Waals surface area contributed by atoms with Crippen molar-refractivity contribution >= 4 is 11.7 Å². The maximum absolute atomic E-state index is 11.5. The Bertz CT molecular complexity index is 460. The molecule has 0 bridgehead atoms. The molecule has 1 rings (SSSR count). The number of oxime groups is 1. The van der Waals surface area contributed by atoms with Gasteiger partial charge in [-0.3, -0.25) is 10.1 Å². The molecule has 0 saturated carbocycles. The number of nitrogens with two attached hydrogens (primary N) is 2. The van der Waals surface area contributed by atoms with Crippen LogP contribution in [0, 0.1) is 5.92 Å². The molecule has 0 saturated heterocycles.